The molecule has 7 nitrogen and oxygen atoms in total. The fourth-order valence-electron chi connectivity index (χ4n) is 6.07. The molecule has 224 valence electrons. The number of carboxylic acid groups (broad SMARTS) is 1. The SMILES string of the molecule is O=C(O)C[C@@H](CCCc1ccc(-c2ccccc2)cc1)C(=O)NC1Cc2cn(c3ccccc23)CCCCCCNC1=O. The van der Waals surface area contributed by atoms with Crippen molar-refractivity contribution in [2.24, 2.45) is 5.92 Å². The van der Waals surface area contributed by atoms with Crippen LogP contribution in [0.25, 0.3) is 22.0 Å². The van der Waals surface area contributed by atoms with Crippen molar-refractivity contribution in [1.82, 2.24) is 15.2 Å². The van der Waals surface area contributed by atoms with Crippen LogP contribution in [0.5, 0.6) is 0 Å². The minimum absolute atomic E-state index is 0.225. The fourth-order valence-corrected chi connectivity index (χ4v) is 6.07. The van der Waals surface area contributed by atoms with Gasteiger partial charge in [0.25, 0.3) is 0 Å². The van der Waals surface area contributed by atoms with Crippen molar-refractivity contribution in [3.63, 3.8) is 0 Å². The van der Waals surface area contributed by atoms with Gasteiger partial charge < -0.3 is 20.3 Å². The summed E-state index contributed by atoms with van der Waals surface area (Å²) in [6.45, 7) is 1.47. The van der Waals surface area contributed by atoms with Crippen LogP contribution in [-0.4, -0.2) is 40.0 Å². The second-order valence-electron chi connectivity index (χ2n) is 11.6. The van der Waals surface area contributed by atoms with Crippen LogP contribution in [-0.2, 0) is 33.8 Å². The molecule has 0 saturated heterocycles. The molecule has 1 unspecified atom stereocenters. The number of rotatable bonds is 9. The van der Waals surface area contributed by atoms with E-state index in [1.807, 2.05) is 30.3 Å². The molecule has 1 aromatic heterocycles. The third-order valence-corrected chi connectivity index (χ3v) is 8.42. The van der Waals surface area contributed by atoms with Gasteiger partial charge in [-0.3, -0.25) is 14.4 Å². The molecule has 2 amide bonds. The molecule has 1 aliphatic rings. The summed E-state index contributed by atoms with van der Waals surface area (Å²) < 4.78 is 2.25. The largest absolute Gasteiger partial charge is 0.481 e. The van der Waals surface area contributed by atoms with Gasteiger partial charge in [-0.25, -0.2) is 0 Å². The molecule has 4 aromatic rings. The highest BCUT2D eigenvalue weighted by Gasteiger charge is 2.28. The Hall–Kier alpha value is -4.39. The topological polar surface area (TPSA) is 100 Å². The third-order valence-electron chi connectivity index (χ3n) is 8.42. The molecular weight excluding hydrogens is 538 g/mol. The highest BCUT2D eigenvalue weighted by atomic mass is 16.4. The molecule has 0 spiro atoms. The van der Waals surface area contributed by atoms with Gasteiger partial charge >= 0.3 is 5.97 Å². The molecule has 0 saturated carbocycles. The minimum Gasteiger partial charge on any atom is -0.481 e. The number of amides is 2. The molecule has 2 atom stereocenters. The summed E-state index contributed by atoms with van der Waals surface area (Å²) in [4.78, 5) is 38.6. The number of hydrogen-bond donors (Lipinski definition) is 3. The number of carbonyl (C=O) groups excluding carboxylic acids is 2. The van der Waals surface area contributed by atoms with Crippen molar-refractivity contribution in [2.45, 2.75) is 70.4 Å². The van der Waals surface area contributed by atoms with Crippen molar-refractivity contribution < 1.29 is 19.5 Å². The zero-order valence-electron chi connectivity index (χ0n) is 24.6. The van der Waals surface area contributed by atoms with E-state index in [2.05, 4.69) is 69.9 Å². The summed E-state index contributed by atoms with van der Waals surface area (Å²) >= 11 is 0. The van der Waals surface area contributed by atoms with E-state index in [4.69, 9.17) is 0 Å². The molecular formula is C36H41N3O4. The number of aromatic nitrogens is 1. The summed E-state index contributed by atoms with van der Waals surface area (Å²) in [5.41, 5.74) is 5.56. The van der Waals surface area contributed by atoms with Crippen LogP contribution in [0, 0.1) is 5.92 Å². The Morgan fingerprint density at radius 2 is 1.63 bits per heavy atom. The molecule has 0 fully saturated rings. The lowest BCUT2D eigenvalue weighted by Gasteiger charge is -2.22. The van der Waals surface area contributed by atoms with E-state index in [1.54, 1.807) is 0 Å². The molecule has 5 rings (SSSR count). The van der Waals surface area contributed by atoms with E-state index >= 15 is 0 Å². The van der Waals surface area contributed by atoms with Crippen LogP contribution in [0.15, 0.2) is 85.1 Å². The van der Waals surface area contributed by atoms with Gasteiger partial charge in [0, 0.05) is 42.5 Å². The average Bonchev–Trinajstić information content (AvgIpc) is 3.37. The number of nitrogens with one attached hydrogen (secondary N) is 2. The van der Waals surface area contributed by atoms with Crippen molar-refractivity contribution in [2.75, 3.05) is 6.54 Å². The summed E-state index contributed by atoms with van der Waals surface area (Å²) in [6, 6.07) is 25.9. The number of para-hydroxylation sites is 1. The van der Waals surface area contributed by atoms with E-state index in [-0.39, 0.29) is 18.2 Å². The molecule has 43 heavy (non-hydrogen) atoms. The van der Waals surface area contributed by atoms with Crippen LogP contribution < -0.4 is 10.6 Å². The highest BCUT2D eigenvalue weighted by molar-refractivity contribution is 5.91. The zero-order chi connectivity index (χ0) is 30.0. The van der Waals surface area contributed by atoms with Crippen LogP contribution >= 0.6 is 0 Å². The lowest BCUT2D eigenvalue weighted by atomic mass is 9.94. The summed E-state index contributed by atoms with van der Waals surface area (Å²) in [5, 5.41) is 16.6. The van der Waals surface area contributed by atoms with Gasteiger partial charge in [-0.2, -0.15) is 0 Å². The Kier molecular flexibility index (Phi) is 10.3. The maximum Gasteiger partial charge on any atom is 0.304 e. The molecule has 1 aliphatic heterocycles. The Morgan fingerprint density at radius 3 is 2.42 bits per heavy atom. The predicted octanol–water partition coefficient (Wildman–Crippen LogP) is 6.14. The molecule has 0 aliphatic carbocycles. The Labute approximate surface area is 253 Å². The van der Waals surface area contributed by atoms with E-state index in [0.717, 1.165) is 71.8 Å². The number of carboxylic acids is 1. The smallest absolute Gasteiger partial charge is 0.304 e. The normalized spacial score (nSPS) is 16.7. The monoisotopic (exact) mass is 579 g/mol. The fraction of sp³-hybridized carbons (Fsp3) is 0.361. The van der Waals surface area contributed by atoms with Gasteiger partial charge in [0.1, 0.15) is 6.04 Å². The lowest BCUT2D eigenvalue weighted by molar-refractivity contribution is -0.141. The second kappa shape index (κ2) is 14.7. The number of aryl methyl sites for hydroxylation is 2. The minimum atomic E-state index is -1.02. The van der Waals surface area contributed by atoms with Gasteiger partial charge in [0.05, 0.1) is 6.42 Å². The molecule has 3 N–H and O–H groups in total. The first-order valence-electron chi connectivity index (χ1n) is 15.5. The summed E-state index contributed by atoms with van der Waals surface area (Å²) in [7, 11) is 0. The Morgan fingerprint density at radius 1 is 0.907 bits per heavy atom. The van der Waals surface area contributed by atoms with E-state index < -0.39 is 17.9 Å². The summed E-state index contributed by atoms with van der Waals surface area (Å²) in [5.74, 6) is -2.35. The number of nitrogens with zero attached hydrogens (tertiary/aromatic N) is 1. The van der Waals surface area contributed by atoms with Crippen molar-refractivity contribution in [3.05, 3.63) is 96.2 Å². The van der Waals surface area contributed by atoms with Crippen LogP contribution in [0.1, 0.15) is 56.1 Å². The Bertz CT molecular complexity index is 1530. The van der Waals surface area contributed by atoms with Gasteiger partial charge in [-0.1, -0.05) is 85.6 Å². The first kappa shape index (κ1) is 30.1. The molecule has 2 heterocycles. The molecule has 7 heteroatoms. The van der Waals surface area contributed by atoms with Crippen LogP contribution in [0.4, 0.5) is 0 Å². The Balaban J connectivity index is 1.27. The predicted molar refractivity (Wildman–Crippen MR) is 170 cm³/mol. The number of carbonyl (C=O) groups is 3. The highest BCUT2D eigenvalue weighted by Crippen LogP contribution is 2.25. The van der Waals surface area contributed by atoms with Gasteiger partial charge in [-0.05, 0) is 60.4 Å². The average molecular weight is 580 g/mol. The van der Waals surface area contributed by atoms with E-state index in [9.17, 15) is 19.5 Å². The van der Waals surface area contributed by atoms with Crippen molar-refractivity contribution in [3.8, 4) is 11.1 Å². The van der Waals surface area contributed by atoms with Gasteiger partial charge in [0.15, 0.2) is 0 Å². The number of aliphatic carboxylic acids is 1. The first-order valence-corrected chi connectivity index (χ1v) is 15.5. The molecule has 0 radical (unpaired) electrons. The van der Waals surface area contributed by atoms with E-state index in [0.29, 0.717) is 25.8 Å². The molecule has 3 aromatic carbocycles. The maximum absolute atomic E-state index is 13.5. The third kappa shape index (κ3) is 8.13. The zero-order valence-corrected chi connectivity index (χ0v) is 24.6. The first-order chi connectivity index (χ1) is 21.0. The van der Waals surface area contributed by atoms with Crippen LogP contribution in [0.3, 0.4) is 0 Å². The van der Waals surface area contributed by atoms with Crippen LogP contribution in [0.2, 0.25) is 0 Å². The van der Waals surface area contributed by atoms with Gasteiger partial charge in [-0.15, -0.1) is 0 Å². The van der Waals surface area contributed by atoms with Crippen molar-refractivity contribution >= 4 is 28.7 Å². The van der Waals surface area contributed by atoms with E-state index in [1.165, 1.54) is 0 Å². The standard InChI is InChI=1S/C36H41N3O4/c40-34(41)24-29(14-10-11-26-17-19-28(20-18-26)27-12-4-3-5-13-27)35(42)38-32-23-30-25-39(33-16-7-6-15-31(30)33)22-9-2-1-8-21-37-36(32)43/h3-7,12-13,15-20,25,29,32H,1-2,8-11,14,21-24H2,(H,37,43)(H,38,42)(H,40,41)/t29-,32?/m1/s1. The number of benzene rings is 3. The van der Waals surface area contributed by atoms with Gasteiger partial charge in [0.2, 0.25) is 11.8 Å². The second-order valence-corrected chi connectivity index (χ2v) is 11.6. The summed E-state index contributed by atoms with van der Waals surface area (Å²) in [6.07, 6.45) is 8.08. The van der Waals surface area contributed by atoms with Crippen molar-refractivity contribution in [1.29, 1.82) is 0 Å². The molecule has 2 bridgehead atoms. The maximum atomic E-state index is 13.5. The quantitative estimate of drug-likeness (QED) is 0.222. The number of fused-ring (bicyclic) bond motifs is 5. The lowest BCUT2D eigenvalue weighted by Crippen LogP contribution is -2.50. The number of hydrogen-bond acceptors (Lipinski definition) is 3.